The molecule has 0 atom stereocenters. The predicted octanol–water partition coefficient (Wildman–Crippen LogP) is 4.19. The van der Waals surface area contributed by atoms with Crippen LogP contribution in [0.5, 0.6) is 0 Å². The monoisotopic (exact) mass is 247 g/mol. The lowest BCUT2D eigenvalue weighted by Gasteiger charge is -2.20. The number of ketones is 1. The molecule has 100 valence electrons. The molecule has 1 aromatic heterocycles. The van der Waals surface area contributed by atoms with Gasteiger partial charge in [-0.25, -0.2) is 0 Å². The van der Waals surface area contributed by atoms with Crippen LogP contribution < -0.4 is 0 Å². The minimum absolute atomic E-state index is 0.136. The third-order valence-corrected chi connectivity index (χ3v) is 3.73. The maximum atomic E-state index is 11.9. The number of hydrogen-bond donors (Lipinski definition) is 0. The van der Waals surface area contributed by atoms with Crippen LogP contribution in [0.3, 0.4) is 0 Å². The van der Waals surface area contributed by atoms with E-state index in [4.69, 9.17) is 0 Å². The van der Waals surface area contributed by atoms with Crippen LogP contribution in [0.25, 0.3) is 0 Å². The summed E-state index contributed by atoms with van der Waals surface area (Å²) in [6.07, 6.45) is 9.74. The fraction of sp³-hybridized carbons (Fsp3) is 0.625. The van der Waals surface area contributed by atoms with Crippen LogP contribution in [0.1, 0.15) is 58.4 Å². The number of hydrogen-bond acceptors (Lipinski definition) is 2. The molecule has 0 radical (unpaired) electrons. The second-order valence-corrected chi connectivity index (χ2v) is 5.58. The van der Waals surface area contributed by atoms with Gasteiger partial charge in [0.15, 0.2) is 0 Å². The first kappa shape index (κ1) is 14.9. The Hall–Kier alpha value is -1.18. The Labute approximate surface area is 111 Å². The summed E-state index contributed by atoms with van der Waals surface area (Å²) in [7, 11) is 0. The molecule has 2 nitrogen and oxygen atoms in total. The molecule has 18 heavy (non-hydrogen) atoms. The van der Waals surface area contributed by atoms with E-state index in [9.17, 15) is 4.79 Å². The number of aryl methyl sites for hydroxylation is 1. The zero-order valence-corrected chi connectivity index (χ0v) is 11.9. The van der Waals surface area contributed by atoms with Crippen molar-refractivity contribution in [1.82, 2.24) is 4.98 Å². The van der Waals surface area contributed by atoms with Crippen LogP contribution in [0.4, 0.5) is 0 Å². The molecule has 1 rings (SSSR count). The van der Waals surface area contributed by atoms with Crippen molar-refractivity contribution in [2.24, 2.45) is 5.41 Å². The number of carbonyl (C=O) groups excluding carboxylic acids is 1. The fourth-order valence-electron chi connectivity index (χ4n) is 1.87. The number of unbranched alkanes of at least 4 members (excludes halogenated alkanes) is 2. The van der Waals surface area contributed by atoms with E-state index in [0.717, 1.165) is 38.5 Å². The van der Waals surface area contributed by atoms with Gasteiger partial charge >= 0.3 is 0 Å². The quantitative estimate of drug-likeness (QED) is 0.645. The summed E-state index contributed by atoms with van der Waals surface area (Å²) in [5.74, 6) is 0.409. The topological polar surface area (TPSA) is 30.0 Å². The maximum Gasteiger partial charge on any atom is 0.138 e. The molecule has 0 N–H and O–H groups in total. The molecule has 0 saturated heterocycles. The van der Waals surface area contributed by atoms with Gasteiger partial charge in [0.1, 0.15) is 5.78 Å². The molecule has 1 heterocycles. The molecule has 0 aliphatic rings. The number of Topliss-reactive ketones (excluding diaryl/α,β-unsaturated/α-hetero) is 1. The molecule has 0 amide bonds. The van der Waals surface area contributed by atoms with Gasteiger partial charge < -0.3 is 0 Å². The van der Waals surface area contributed by atoms with Crippen LogP contribution >= 0.6 is 0 Å². The first-order chi connectivity index (χ1) is 8.56. The van der Waals surface area contributed by atoms with E-state index in [1.807, 2.05) is 26.1 Å². The second-order valence-electron chi connectivity index (χ2n) is 5.58. The summed E-state index contributed by atoms with van der Waals surface area (Å²) in [4.78, 5) is 16.0. The van der Waals surface area contributed by atoms with Crippen molar-refractivity contribution in [3.63, 3.8) is 0 Å². The Morgan fingerprint density at radius 3 is 2.67 bits per heavy atom. The van der Waals surface area contributed by atoms with Gasteiger partial charge in [-0.3, -0.25) is 9.78 Å². The third-order valence-electron chi connectivity index (χ3n) is 3.73. The first-order valence-electron chi connectivity index (χ1n) is 6.98. The lowest BCUT2D eigenvalue weighted by atomic mass is 9.83. The van der Waals surface area contributed by atoms with Gasteiger partial charge in [-0.05, 0) is 37.3 Å². The Balaban J connectivity index is 2.14. The van der Waals surface area contributed by atoms with Gasteiger partial charge in [0.05, 0.1) is 0 Å². The SMILES string of the molecule is CCC(C)(C)C(=O)CCCCCc1cccnc1. The molecule has 2 heteroatoms. The molecule has 0 bridgehead atoms. The Morgan fingerprint density at radius 2 is 2.06 bits per heavy atom. The van der Waals surface area contributed by atoms with Crippen LogP contribution in [0.15, 0.2) is 24.5 Å². The van der Waals surface area contributed by atoms with Crippen LogP contribution in [-0.4, -0.2) is 10.8 Å². The van der Waals surface area contributed by atoms with Crippen molar-refractivity contribution in [2.45, 2.75) is 59.3 Å². The average Bonchev–Trinajstić information content (AvgIpc) is 2.39. The summed E-state index contributed by atoms with van der Waals surface area (Å²) in [5.41, 5.74) is 1.15. The number of nitrogens with zero attached hydrogens (tertiary/aromatic N) is 1. The molecule has 0 aliphatic carbocycles. The minimum atomic E-state index is -0.136. The fourth-order valence-corrected chi connectivity index (χ4v) is 1.87. The first-order valence-corrected chi connectivity index (χ1v) is 6.98. The lowest BCUT2D eigenvalue weighted by Crippen LogP contribution is -2.22. The molecule has 0 saturated carbocycles. The summed E-state index contributed by atoms with van der Waals surface area (Å²) in [6.45, 7) is 6.18. The van der Waals surface area contributed by atoms with Crippen molar-refractivity contribution in [2.75, 3.05) is 0 Å². The zero-order chi connectivity index (χ0) is 13.4. The van der Waals surface area contributed by atoms with Crippen LogP contribution in [-0.2, 0) is 11.2 Å². The van der Waals surface area contributed by atoms with Crippen LogP contribution in [0.2, 0.25) is 0 Å². The highest BCUT2D eigenvalue weighted by Gasteiger charge is 2.23. The van der Waals surface area contributed by atoms with Gasteiger partial charge in [-0.1, -0.05) is 33.3 Å². The van der Waals surface area contributed by atoms with Gasteiger partial charge in [-0.15, -0.1) is 0 Å². The Kier molecular flexibility index (Phi) is 6.03. The largest absolute Gasteiger partial charge is 0.299 e. The van der Waals surface area contributed by atoms with E-state index in [-0.39, 0.29) is 5.41 Å². The highest BCUT2D eigenvalue weighted by molar-refractivity contribution is 5.83. The summed E-state index contributed by atoms with van der Waals surface area (Å²) in [6, 6.07) is 4.08. The molecular weight excluding hydrogens is 222 g/mol. The molecule has 0 fully saturated rings. The highest BCUT2D eigenvalue weighted by Crippen LogP contribution is 2.23. The zero-order valence-electron chi connectivity index (χ0n) is 11.9. The number of carbonyl (C=O) groups is 1. The molecule has 1 aromatic rings. The van der Waals surface area contributed by atoms with Crippen molar-refractivity contribution < 1.29 is 4.79 Å². The van der Waals surface area contributed by atoms with Crippen molar-refractivity contribution in [1.29, 1.82) is 0 Å². The number of pyridine rings is 1. The van der Waals surface area contributed by atoms with E-state index < -0.39 is 0 Å². The van der Waals surface area contributed by atoms with Crippen molar-refractivity contribution in [3.05, 3.63) is 30.1 Å². The van der Waals surface area contributed by atoms with Gasteiger partial charge in [-0.2, -0.15) is 0 Å². The van der Waals surface area contributed by atoms with Gasteiger partial charge in [0.2, 0.25) is 0 Å². The van der Waals surface area contributed by atoms with Gasteiger partial charge in [0.25, 0.3) is 0 Å². The Morgan fingerprint density at radius 1 is 1.28 bits per heavy atom. The van der Waals surface area contributed by atoms with Crippen LogP contribution in [0, 0.1) is 5.41 Å². The molecular formula is C16H25NO. The Bertz CT molecular complexity index is 357. The molecule has 0 aromatic carbocycles. The molecule has 0 unspecified atom stereocenters. The second kappa shape index (κ2) is 7.30. The molecule has 0 aliphatic heterocycles. The van der Waals surface area contributed by atoms with Gasteiger partial charge in [0, 0.05) is 24.2 Å². The third kappa shape index (κ3) is 4.99. The van der Waals surface area contributed by atoms with E-state index in [2.05, 4.69) is 18.0 Å². The normalized spacial score (nSPS) is 11.5. The van der Waals surface area contributed by atoms with E-state index >= 15 is 0 Å². The molecule has 0 spiro atoms. The summed E-state index contributed by atoms with van der Waals surface area (Å²) in [5, 5.41) is 0. The van der Waals surface area contributed by atoms with Crippen molar-refractivity contribution >= 4 is 5.78 Å². The van der Waals surface area contributed by atoms with E-state index in [1.54, 1.807) is 6.20 Å². The number of rotatable bonds is 8. The minimum Gasteiger partial charge on any atom is -0.299 e. The van der Waals surface area contributed by atoms with E-state index in [0.29, 0.717) is 5.78 Å². The standard InChI is InChI=1S/C16H25NO/c1-4-16(2,3)15(18)11-7-5-6-9-14-10-8-12-17-13-14/h8,10,12-13H,4-7,9,11H2,1-3H3. The maximum absolute atomic E-state index is 11.9. The summed E-state index contributed by atoms with van der Waals surface area (Å²) >= 11 is 0. The number of aromatic nitrogens is 1. The lowest BCUT2D eigenvalue weighted by molar-refractivity contribution is -0.127. The highest BCUT2D eigenvalue weighted by atomic mass is 16.1. The predicted molar refractivity (Wildman–Crippen MR) is 75.5 cm³/mol. The average molecular weight is 247 g/mol. The summed E-state index contributed by atoms with van der Waals surface area (Å²) < 4.78 is 0. The smallest absolute Gasteiger partial charge is 0.138 e. The van der Waals surface area contributed by atoms with Crippen molar-refractivity contribution in [3.8, 4) is 0 Å². The van der Waals surface area contributed by atoms with E-state index in [1.165, 1.54) is 5.56 Å².